The highest BCUT2D eigenvalue weighted by Gasteiger charge is 2.49. The average molecular weight is 229 g/mol. The van der Waals surface area contributed by atoms with Crippen molar-refractivity contribution in [2.75, 3.05) is 0 Å². The van der Waals surface area contributed by atoms with Gasteiger partial charge in [0.15, 0.2) is 5.60 Å². The lowest BCUT2D eigenvalue weighted by Gasteiger charge is -2.37. The highest BCUT2D eigenvalue weighted by molar-refractivity contribution is 5.66. The highest BCUT2D eigenvalue weighted by Crippen LogP contribution is 2.37. The number of hydrogen-bond acceptors (Lipinski definition) is 4. The third-order valence-electron chi connectivity index (χ3n) is 3.30. The molecule has 1 aliphatic rings. The Balaban J connectivity index is 2.91. The summed E-state index contributed by atoms with van der Waals surface area (Å²) in [6, 6.07) is -0.767. The molecule has 0 aliphatic heterocycles. The largest absolute Gasteiger partial charge is 0.452 e. The van der Waals surface area contributed by atoms with Gasteiger partial charge in [-0.05, 0) is 25.7 Å². The summed E-state index contributed by atoms with van der Waals surface area (Å²) in [6.45, 7) is 3.09. The van der Waals surface area contributed by atoms with Crippen LogP contribution in [0.25, 0.3) is 0 Å². The standard InChI is InChI=1S/C11H19NO4/c1-3-10(12(14)15)11(16-9(2)13)7-5-4-6-8-11/h10H,3-8H2,1-2H3. The van der Waals surface area contributed by atoms with E-state index in [-0.39, 0.29) is 4.92 Å². The smallest absolute Gasteiger partial charge is 0.303 e. The van der Waals surface area contributed by atoms with Gasteiger partial charge in [0.05, 0.1) is 0 Å². The molecule has 0 bridgehead atoms. The molecule has 0 heterocycles. The number of carbonyl (C=O) groups excluding carboxylic acids is 1. The van der Waals surface area contributed by atoms with E-state index < -0.39 is 17.6 Å². The molecule has 1 saturated carbocycles. The number of hydrogen-bond donors (Lipinski definition) is 0. The molecule has 16 heavy (non-hydrogen) atoms. The first-order valence-corrected chi connectivity index (χ1v) is 5.85. The van der Waals surface area contributed by atoms with Crippen molar-refractivity contribution in [2.45, 2.75) is 64.0 Å². The molecule has 1 atom stereocenters. The zero-order chi connectivity index (χ0) is 12.2. The summed E-state index contributed by atoms with van der Waals surface area (Å²) < 4.78 is 5.31. The topological polar surface area (TPSA) is 69.4 Å². The minimum atomic E-state index is -0.859. The van der Waals surface area contributed by atoms with Crippen LogP contribution in [0.4, 0.5) is 0 Å². The number of ether oxygens (including phenoxy) is 1. The Kier molecular flexibility index (Phi) is 4.26. The molecule has 0 aromatic heterocycles. The SMILES string of the molecule is CCC([N+](=O)[O-])C1(OC(C)=O)CCCCC1. The van der Waals surface area contributed by atoms with Crippen LogP contribution in [0.15, 0.2) is 0 Å². The molecule has 0 radical (unpaired) electrons. The first-order chi connectivity index (χ1) is 7.52. The van der Waals surface area contributed by atoms with Crippen LogP contribution in [0, 0.1) is 10.1 Å². The van der Waals surface area contributed by atoms with Crippen molar-refractivity contribution in [3.8, 4) is 0 Å². The lowest BCUT2D eigenvalue weighted by molar-refractivity contribution is -0.547. The summed E-state index contributed by atoms with van der Waals surface area (Å²) >= 11 is 0. The van der Waals surface area contributed by atoms with E-state index >= 15 is 0 Å². The van der Waals surface area contributed by atoms with Gasteiger partial charge in [-0.15, -0.1) is 0 Å². The summed E-state index contributed by atoms with van der Waals surface area (Å²) in [5.41, 5.74) is -0.859. The molecule has 5 heteroatoms. The molecule has 0 aromatic rings. The van der Waals surface area contributed by atoms with Crippen molar-refractivity contribution in [1.29, 1.82) is 0 Å². The zero-order valence-corrected chi connectivity index (χ0v) is 9.90. The maximum atomic E-state index is 11.1. The van der Waals surface area contributed by atoms with E-state index in [4.69, 9.17) is 4.74 Å². The Morgan fingerprint density at radius 2 is 2.00 bits per heavy atom. The second-order valence-electron chi connectivity index (χ2n) is 4.43. The van der Waals surface area contributed by atoms with E-state index in [1.54, 1.807) is 6.92 Å². The van der Waals surface area contributed by atoms with Crippen LogP contribution in [-0.4, -0.2) is 22.5 Å². The second-order valence-corrected chi connectivity index (χ2v) is 4.43. The van der Waals surface area contributed by atoms with E-state index in [9.17, 15) is 14.9 Å². The third kappa shape index (κ3) is 2.71. The monoisotopic (exact) mass is 229 g/mol. The van der Waals surface area contributed by atoms with Gasteiger partial charge < -0.3 is 4.74 Å². The Hall–Kier alpha value is -1.13. The summed E-state index contributed by atoms with van der Waals surface area (Å²) in [4.78, 5) is 21.8. The molecular weight excluding hydrogens is 210 g/mol. The average Bonchev–Trinajstić information content (AvgIpc) is 2.17. The maximum Gasteiger partial charge on any atom is 0.303 e. The van der Waals surface area contributed by atoms with E-state index in [0.717, 1.165) is 19.3 Å². The molecule has 1 fully saturated rings. The van der Waals surface area contributed by atoms with Crippen molar-refractivity contribution in [3.05, 3.63) is 10.1 Å². The quantitative estimate of drug-likeness (QED) is 0.421. The van der Waals surface area contributed by atoms with Crippen LogP contribution in [0.2, 0.25) is 0 Å². The van der Waals surface area contributed by atoms with E-state index in [1.807, 2.05) is 0 Å². The molecule has 0 N–H and O–H groups in total. The van der Waals surface area contributed by atoms with Crippen molar-refractivity contribution < 1.29 is 14.5 Å². The van der Waals surface area contributed by atoms with Crippen LogP contribution in [-0.2, 0) is 9.53 Å². The highest BCUT2D eigenvalue weighted by atomic mass is 16.6. The Labute approximate surface area is 95.3 Å². The summed E-state index contributed by atoms with van der Waals surface area (Å²) in [5.74, 6) is -0.415. The first-order valence-electron chi connectivity index (χ1n) is 5.85. The van der Waals surface area contributed by atoms with Gasteiger partial charge in [0.1, 0.15) is 0 Å². The molecule has 0 spiro atoms. The molecular formula is C11H19NO4. The predicted octanol–water partition coefficient (Wildman–Crippen LogP) is 2.31. The molecule has 1 unspecified atom stereocenters. The molecule has 1 aliphatic carbocycles. The Morgan fingerprint density at radius 1 is 1.44 bits per heavy atom. The number of esters is 1. The maximum absolute atomic E-state index is 11.1. The van der Waals surface area contributed by atoms with Gasteiger partial charge in [-0.1, -0.05) is 13.3 Å². The van der Waals surface area contributed by atoms with Gasteiger partial charge in [-0.3, -0.25) is 14.9 Å². The summed E-state index contributed by atoms with van der Waals surface area (Å²) in [6.07, 6.45) is 4.50. The lowest BCUT2D eigenvalue weighted by Crippen LogP contribution is -2.51. The molecule has 5 nitrogen and oxygen atoms in total. The predicted molar refractivity (Wildman–Crippen MR) is 58.7 cm³/mol. The fourth-order valence-electron chi connectivity index (χ4n) is 2.65. The van der Waals surface area contributed by atoms with Crippen molar-refractivity contribution >= 4 is 5.97 Å². The fraction of sp³-hybridized carbons (Fsp3) is 0.909. The fourth-order valence-corrected chi connectivity index (χ4v) is 2.65. The number of nitro groups is 1. The summed E-state index contributed by atoms with van der Waals surface area (Å²) in [5, 5.41) is 11.0. The van der Waals surface area contributed by atoms with Crippen molar-refractivity contribution in [1.82, 2.24) is 0 Å². The molecule has 0 aromatic carbocycles. The van der Waals surface area contributed by atoms with Gasteiger partial charge in [-0.2, -0.15) is 0 Å². The van der Waals surface area contributed by atoms with Crippen LogP contribution < -0.4 is 0 Å². The van der Waals surface area contributed by atoms with Gasteiger partial charge in [0.25, 0.3) is 6.04 Å². The number of rotatable bonds is 4. The molecule has 1 rings (SSSR count). The van der Waals surface area contributed by atoms with E-state index in [2.05, 4.69) is 0 Å². The van der Waals surface area contributed by atoms with Gasteiger partial charge >= 0.3 is 5.97 Å². The van der Waals surface area contributed by atoms with Crippen LogP contribution >= 0.6 is 0 Å². The zero-order valence-electron chi connectivity index (χ0n) is 9.90. The molecule has 0 saturated heterocycles. The van der Waals surface area contributed by atoms with Gasteiger partial charge in [-0.25, -0.2) is 0 Å². The number of nitrogens with zero attached hydrogens (tertiary/aromatic N) is 1. The lowest BCUT2D eigenvalue weighted by atomic mass is 9.78. The van der Waals surface area contributed by atoms with Crippen molar-refractivity contribution in [2.24, 2.45) is 0 Å². The second kappa shape index (κ2) is 5.27. The molecule has 0 amide bonds. The summed E-state index contributed by atoms with van der Waals surface area (Å²) in [7, 11) is 0. The van der Waals surface area contributed by atoms with E-state index in [0.29, 0.717) is 19.3 Å². The van der Waals surface area contributed by atoms with Crippen LogP contribution in [0.3, 0.4) is 0 Å². The van der Waals surface area contributed by atoms with Crippen LogP contribution in [0.5, 0.6) is 0 Å². The van der Waals surface area contributed by atoms with Gasteiger partial charge in [0, 0.05) is 18.3 Å². The Morgan fingerprint density at radius 3 is 2.38 bits per heavy atom. The number of carbonyl (C=O) groups is 1. The normalized spacial score (nSPS) is 21.1. The van der Waals surface area contributed by atoms with Crippen LogP contribution in [0.1, 0.15) is 52.4 Å². The Bertz CT molecular complexity index is 271. The molecule has 92 valence electrons. The van der Waals surface area contributed by atoms with E-state index in [1.165, 1.54) is 6.92 Å². The first kappa shape index (κ1) is 12.9. The minimum Gasteiger partial charge on any atom is -0.452 e. The van der Waals surface area contributed by atoms with Gasteiger partial charge in [0.2, 0.25) is 0 Å². The minimum absolute atomic E-state index is 0.297. The third-order valence-corrected chi connectivity index (χ3v) is 3.30. The van der Waals surface area contributed by atoms with Crippen molar-refractivity contribution in [3.63, 3.8) is 0 Å².